The van der Waals surface area contributed by atoms with Gasteiger partial charge in [0.25, 0.3) is 11.8 Å². The molecule has 0 bridgehead atoms. The Morgan fingerprint density at radius 2 is 1.59 bits per heavy atom. The third-order valence-corrected chi connectivity index (χ3v) is 4.80. The standard InChI is InChI=1S/C21H24N2O6/c1-13(29-19-4-2-16(24)3-5-19)20(27)22-15-6-8-23(9-7-15)21(28)14-10-17(25)12-18(26)11-14/h2-5,10-13,15,24-26H,6-9H2,1H3,(H,22,27). The smallest absolute Gasteiger partial charge is 0.260 e. The van der Waals surface area contributed by atoms with Crippen molar-refractivity contribution < 1.29 is 29.6 Å². The van der Waals surface area contributed by atoms with Crippen LogP contribution in [0.1, 0.15) is 30.1 Å². The van der Waals surface area contributed by atoms with E-state index in [0.29, 0.717) is 31.7 Å². The number of benzene rings is 2. The molecule has 1 saturated heterocycles. The summed E-state index contributed by atoms with van der Waals surface area (Å²) in [6.07, 6.45) is 0.483. The first-order valence-electron chi connectivity index (χ1n) is 9.40. The van der Waals surface area contributed by atoms with Gasteiger partial charge in [0.1, 0.15) is 23.0 Å². The molecule has 0 spiro atoms. The maximum Gasteiger partial charge on any atom is 0.260 e. The van der Waals surface area contributed by atoms with Crippen LogP contribution in [0.5, 0.6) is 23.0 Å². The van der Waals surface area contributed by atoms with Crippen molar-refractivity contribution in [1.29, 1.82) is 0 Å². The molecule has 1 fully saturated rings. The average Bonchev–Trinajstić information content (AvgIpc) is 2.69. The molecule has 1 unspecified atom stereocenters. The molecule has 0 aromatic heterocycles. The number of likely N-dealkylation sites (tertiary alicyclic amines) is 1. The third-order valence-electron chi connectivity index (χ3n) is 4.80. The number of carbonyl (C=O) groups is 2. The molecule has 2 amide bonds. The van der Waals surface area contributed by atoms with E-state index in [4.69, 9.17) is 4.74 Å². The lowest BCUT2D eigenvalue weighted by molar-refractivity contribution is -0.128. The first-order chi connectivity index (χ1) is 13.8. The second kappa shape index (κ2) is 8.72. The summed E-state index contributed by atoms with van der Waals surface area (Å²) >= 11 is 0. The number of rotatable bonds is 5. The molecule has 0 saturated carbocycles. The van der Waals surface area contributed by atoms with Crippen LogP contribution in [-0.2, 0) is 4.79 Å². The van der Waals surface area contributed by atoms with E-state index in [1.54, 1.807) is 24.0 Å². The van der Waals surface area contributed by atoms with E-state index < -0.39 is 6.10 Å². The summed E-state index contributed by atoms with van der Waals surface area (Å²) in [6, 6.07) is 9.87. The Morgan fingerprint density at radius 3 is 2.17 bits per heavy atom. The van der Waals surface area contributed by atoms with Crippen molar-refractivity contribution in [2.24, 2.45) is 0 Å². The van der Waals surface area contributed by atoms with E-state index in [1.165, 1.54) is 30.3 Å². The van der Waals surface area contributed by atoms with Gasteiger partial charge in [-0.05, 0) is 56.2 Å². The Hall–Kier alpha value is -3.42. The summed E-state index contributed by atoms with van der Waals surface area (Å²) < 4.78 is 5.58. The number of phenols is 3. The highest BCUT2D eigenvalue weighted by Crippen LogP contribution is 2.23. The molecular formula is C21H24N2O6. The highest BCUT2D eigenvalue weighted by atomic mass is 16.5. The third kappa shape index (κ3) is 5.31. The van der Waals surface area contributed by atoms with Crippen molar-refractivity contribution in [2.45, 2.75) is 31.9 Å². The molecule has 2 aromatic rings. The van der Waals surface area contributed by atoms with E-state index in [0.717, 1.165) is 0 Å². The summed E-state index contributed by atoms with van der Waals surface area (Å²) in [7, 11) is 0. The highest BCUT2D eigenvalue weighted by Gasteiger charge is 2.26. The van der Waals surface area contributed by atoms with Crippen molar-refractivity contribution in [3.05, 3.63) is 48.0 Å². The Morgan fingerprint density at radius 1 is 1.00 bits per heavy atom. The summed E-state index contributed by atoms with van der Waals surface area (Å²) in [5.74, 6) is -0.251. The van der Waals surface area contributed by atoms with Gasteiger partial charge in [0.2, 0.25) is 0 Å². The van der Waals surface area contributed by atoms with Gasteiger partial charge < -0.3 is 30.3 Å². The van der Waals surface area contributed by atoms with Gasteiger partial charge in [-0.2, -0.15) is 0 Å². The molecule has 0 radical (unpaired) electrons. The summed E-state index contributed by atoms with van der Waals surface area (Å²) in [5.41, 5.74) is 0.223. The van der Waals surface area contributed by atoms with Crippen molar-refractivity contribution in [3.8, 4) is 23.0 Å². The van der Waals surface area contributed by atoms with Gasteiger partial charge in [-0.3, -0.25) is 9.59 Å². The minimum Gasteiger partial charge on any atom is -0.508 e. The molecule has 0 aliphatic carbocycles. The fourth-order valence-corrected chi connectivity index (χ4v) is 3.23. The molecule has 154 valence electrons. The molecule has 1 aliphatic rings. The molecule has 1 aliphatic heterocycles. The fraction of sp³-hybridized carbons (Fsp3) is 0.333. The van der Waals surface area contributed by atoms with E-state index >= 15 is 0 Å². The Bertz CT molecular complexity index is 855. The predicted molar refractivity (Wildman–Crippen MR) is 105 cm³/mol. The second-order valence-electron chi connectivity index (χ2n) is 7.07. The van der Waals surface area contributed by atoms with Gasteiger partial charge in [-0.25, -0.2) is 0 Å². The van der Waals surface area contributed by atoms with E-state index in [-0.39, 0.29) is 40.7 Å². The maximum absolute atomic E-state index is 12.5. The monoisotopic (exact) mass is 400 g/mol. The van der Waals surface area contributed by atoms with Crippen molar-refractivity contribution in [1.82, 2.24) is 10.2 Å². The zero-order valence-electron chi connectivity index (χ0n) is 16.0. The Balaban J connectivity index is 1.49. The average molecular weight is 400 g/mol. The first kappa shape index (κ1) is 20.3. The zero-order chi connectivity index (χ0) is 21.0. The quantitative estimate of drug-likeness (QED) is 0.609. The van der Waals surface area contributed by atoms with Crippen LogP contribution in [-0.4, -0.2) is 57.3 Å². The molecule has 1 atom stereocenters. The number of carbonyl (C=O) groups excluding carboxylic acids is 2. The number of amides is 2. The summed E-state index contributed by atoms with van der Waals surface area (Å²) in [5, 5.41) is 31.3. The lowest BCUT2D eigenvalue weighted by Gasteiger charge is -2.33. The van der Waals surface area contributed by atoms with Gasteiger partial charge in [0, 0.05) is 30.8 Å². The maximum atomic E-state index is 12.5. The largest absolute Gasteiger partial charge is 0.508 e. The highest BCUT2D eigenvalue weighted by molar-refractivity contribution is 5.95. The fourth-order valence-electron chi connectivity index (χ4n) is 3.23. The molecule has 8 nitrogen and oxygen atoms in total. The van der Waals surface area contributed by atoms with Gasteiger partial charge in [0.15, 0.2) is 6.10 Å². The van der Waals surface area contributed by atoms with Crippen LogP contribution in [0.2, 0.25) is 0 Å². The van der Waals surface area contributed by atoms with Crippen LogP contribution < -0.4 is 10.1 Å². The predicted octanol–water partition coefficient (Wildman–Crippen LogP) is 1.99. The van der Waals surface area contributed by atoms with Crippen molar-refractivity contribution in [3.63, 3.8) is 0 Å². The molecule has 1 heterocycles. The van der Waals surface area contributed by atoms with E-state index in [9.17, 15) is 24.9 Å². The van der Waals surface area contributed by atoms with Gasteiger partial charge in [0.05, 0.1) is 0 Å². The molecule has 8 heteroatoms. The molecule has 3 rings (SSSR count). The van der Waals surface area contributed by atoms with Crippen LogP contribution >= 0.6 is 0 Å². The molecular weight excluding hydrogens is 376 g/mol. The Kier molecular flexibility index (Phi) is 6.11. The lowest BCUT2D eigenvalue weighted by atomic mass is 10.0. The number of hydrogen-bond acceptors (Lipinski definition) is 6. The van der Waals surface area contributed by atoms with Crippen LogP contribution in [0.4, 0.5) is 0 Å². The molecule has 2 aromatic carbocycles. The van der Waals surface area contributed by atoms with Crippen LogP contribution in [0.25, 0.3) is 0 Å². The van der Waals surface area contributed by atoms with Crippen LogP contribution in [0, 0.1) is 0 Å². The number of phenolic OH excluding ortho intramolecular Hbond substituents is 3. The minimum atomic E-state index is -0.700. The van der Waals surface area contributed by atoms with Crippen molar-refractivity contribution in [2.75, 3.05) is 13.1 Å². The van der Waals surface area contributed by atoms with E-state index in [2.05, 4.69) is 5.32 Å². The number of nitrogens with one attached hydrogen (secondary N) is 1. The number of nitrogens with zero attached hydrogens (tertiary/aromatic N) is 1. The van der Waals surface area contributed by atoms with Gasteiger partial charge in [-0.1, -0.05) is 0 Å². The number of piperidine rings is 1. The van der Waals surface area contributed by atoms with Gasteiger partial charge in [-0.15, -0.1) is 0 Å². The SMILES string of the molecule is CC(Oc1ccc(O)cc1)C(=O)NC1CCN(C(=O)c2cc(O)cc(O)c2)CC1. The lowest BCUT2D eigenvalue weighted by Crippen LogP contribution is -2.49. The number of aromatic hydroxyl groups is 3. The van der Waals surface area contributed by atoms with Crippen LogP contribution in [0.15, 0.2) is 42.5 Å². The summed E-state index contributed by atoms with van der Waals surface area (Å²) in [4.78, 5) is 26.6. The van der Waals surface area contributed by atoms with E-state index in [1.807, 2.05) is 0 Å². The minimum absolute atomic E-state index is 0.0741. The Labute approximate surface area is 168 Å². The molecule has 4 N–H and O–H groups in total. The first-order valence-corrected chi connectivity index (χ1v) is 9.40. The second-order valence-corrected chi connectivity index (χ2v) is 7.07. The number of ether oxygens (including phenoxy) is 1. The van der Waals surface area contributed by atoms with Gasteiger partial charge >= 0.3 is 0 Å². The van der Waals surface area contributed by atoms with Crippen LogP contribution in [0.3, 0.4) is 0 Å². The normalized spacial score (nSPS) is 15.6. The molecule has 29 heavy (non-hydrogen) atoms. The van der Waals surface area contributed by atoms with Crippen molar-refractivity contribution >= 4 is 11.8 Å². The topological polar surface area (TPSA) is 119 Å². The summed E-state index contributed by atoms with van der Waals surface area (Å²) in [6.45, 7) is 2.55. The number of hydrogen-bond donors (Lipinski definition) is 4. The zero-order valence-corrected chi connectivity index (χ0v) is 16.0.